The largest absolute Gasteiger partial charge is 0.346 e. The molecule has 0 saturated heterocycles. The van der Waals surface area contributed by atoms with E-state index in [1.54, 1.807) is 11.8 Å². The van der Waals surface area contributed by atoms with E-state index in [9.17, 15) is 4.79 Å². The second kappa shape index (κ2) is 3.54. The van der Waals surface area contributed by atoms with Crippen molar-refractivity contribution in [1.82, 2.24) is 9.97 Å². The fraction of sp³-hybridized carbons (Fsp3) is 0.556. The Morgan fingerprint density at radius 2 is 2.15 bits per heavy atom. The SMILES string of the molecule is CSc1nc(=O)[nH]c2c1CCCC2. The van der Waals surface area contributed by atoms with Crippen LogP contribution in [0.3, 0.4) is 0 Å². The summed E-state index contributed by atoms with van der Waals surface area (Å²) in [6.07, 6.45) is 6.43. The molecule has 0 saturated carbocycles. The molecule has 1 heterocycles. The smallest absolute Gasteiger partial charge is 0.309 e. The minimum Gasteiger partial charge on any atom is -0.309 e. The van der Waals surface area contributed by atoms with Gasteiger partial charge in [0.25, 0.3) is 0 Å². The standard InChI is InChI=1S/C9H12N2OS/c1-13-8-6-4-2-3-5-7(6)10-9(12)11-8/h2-5H2,1H3,(H,10,11,12). The lowest BCUT2D eigenvalue weighted by Crippen LogP contribution is -2.19. The first-order valence-electron chi connectivity index (χ1n) is 4.47. The summed E-state index contributed by atoms with van der Waals surface area (Å²) in [4.78, 5) is 17.9. The highest BCUT2D eigenvalue weighted by molar-refractivity contribution is 7.98. The fourth-order valence-corrected chi connectivity index (χ4v) is 2.41. The van der Waals surface area contributed by atoms with Crippen molar-refractivity contribution < 1.29 is 0 Å². The lowest BCUT2D eigenvalue weighted by molar-refractivity contribution is 0.640. The summed E-state index contributed by atoms with van der Waals surface area (Å²) in [5.74, 6) is 0. The summed E-state index contributed by atoms with van der Waals surface area (Å²) in [6, 6.07) is 0. The maximum Gasteiger partial charge on any atom is 0.346 e. The van der Waals surface area contributed by atoms with Gasteiger partial charge >= 0.3 is 5.69 Å². The molecule has 0 spiro atoms. The quantitative estimate of drug-likeness (QED) is 0.545. The number of aryl methyl sites for hydroxylation is 1. The molecule has 0 radical (unpaired) electrons. The number of fused-ring (bicyclic) bond motifs is 1. The summed E-state index contributed by atoms with van der Waals surface area (Å²) in [5, 5.41) is 0.915. The minimum absolute atomic E-state index is 0.204. The highest BCUT2D eigenvalue weighted by Crippen LogP contribution is 2.25. The van der Waals surface area contributed by atoms with Crippen LogP contribution in [0.4, 0.5) is 0 Å². The molecule has 0 unspecified atom stereocenters. The Morgan fingerprint density at radius 3 is 2.92 bits per heavy atom. The second-order valence-electron chi connectivity index (χ2n) is 3.22. The van der Waals surface area contributed by atoms with Crippen LogP contribution in [0.1, 0.15) is 24.1 Å². The Kier molecular flexibility index (Phi) is 2.40. The van der Waals surface area contributed by atoms with Gasteiger partial charge in [0.1, 0.15) is 5.03 Å². The molecule has 2 rings (SSSR count). The van der Waals surface area contributed by atoms with Gasteiger partial charge in [-0.05, 0) is 31.9 Å². The third kappa shape index (κ3) is 1.63. The van der Waals surface area contributed by atoms with Gasteiger partial charge in [-0.3, -0.25) is 0 Å². The average molecular weight is 196 g/mol. The molecule has 70 valence electrons. The Balaban J connectivity index is 2.57. The molecule has 1 aliphatic rings. The van der Waals surface area contributed by atoms with Crippen LogP contribution in [0.25, 0.3) is 0 Å². The Bertz CT molecular complexity index is 352. The Hall–Kier alpha value is -0.770. The maximum atomic E-state index is 11.1. The van der Waals surface area contributed by atoms with Crippen molar-refractivity contribution in [3.63, 3.8) is 0 Å². The predicted octanol–water partition coefficient (Wildman–Crippen LogP) is 1.37. The molecule has 0 fully saturated rings. The number of H-pyrrole nitrogens is 1. The third-order valence-electron chi connectivity index (χ3n) is 2.38. The summed E-state index contributed by atoms with van der Waals surface area (Å²) >= 11 is 1.57. The van der Waals surface area contributed by atoms with Crippen molar-refractivity contribution in [3.8, 4) is 0 Å². The number of hydrogen-bond acceptors (Lipinski definition) is 3. The number of nitrogens with one attached hydrogen (secondary N) is 1. The van der Waals surface area contributed by atoms with Gasteiger partial charge in [0.2, 0.25) is 0 Å². The van der Waals surface area contributed by atoms with E-state index in [1.807, 2.05) is 6.26 Å². The topological polar surface area (TPSA) is 45.8 Å². The maximum absolute atomic E-state index is 11.1. The van der Waals surface area contributed by atoms with E-state index in [0.29, 0.717) is 0 Å². The lowest BCUT2D eigenvalue weighted by Gasteiger charge is -2.16. The van der Waals surface area contributed by atoms with E-state index in [4.69, 9.17) is 0 Å². The highest BCUT2D eigenvalue weighted by atomic mass is 32.2. The summed E-state index contributed by atoms with van der Waals surface area (Å²) in [7, 11) is 0. The molecule has 0 aromatic carbocycles. The normalized spacial score (nSPS) is 15.5. The number of rotatable bonds is 1. The van der Waals surface area contributed by atoms with Crippen LogP contribution in [-0.4, -0.2) is 16.2 Å². The number of thioether (sulfide) groups is 1. The third-order valence-corrected chi connectivity index (χ3v) is 3.10. The molecule has 4 heteroatoms. The molecule has 0 aliphatic heterocycles. The van der Waals surface area contributed by atoms with Crippen LogP contribution in [0, 0.1) is 0 Å². The predicted molar refractivity (Wildman–Crippen MR) is 53.3 cm³/mol. The van der Waals surface area contributed by atoms with Crippen LogP contribution in [0.2, 0.25) is 0 Å². The van der Waals surface area contributed by atoms with E-state index < -0.39 is 0 Å². The molecule has 0 bridgehead atoms. The van der Waals surface area contributed by atoms with Crippen LogP contribution < -0.4 is 5.69 Å². The van der Waals surface area contributed by atoms with Crippen molar-refractivity contribution in [3.05, 3.63) is 21.7 Å². The van der Waals surface area contributed by atoms with Crippen LogP contribution in [0.15, 0.2) is 9.82 Å². The highest BCUT2D eigenvalue weighted by Gasteiger charge is 2.14. The number of aromatic amines is 1. The van der Waals surface area contributed by atoms with Gasteiger partial charge in [0.15, 0.2) is 0 Å². The summed E-state index contributed by atoms with van der Waals surface area (Å²) in [6.45, 7) is 0. The van der Waals surface area contributed by atoms with Crippen molar-refractivity contribution >= 4 is 11.8 Å². The molecular formula is C9H12N2OS. The van der Waals surface area contributed by atoms with Gasteiger partial charge in [0, 0.05) is 11.3 Å². The Morgan fingerprint density at radius 1 is 1.38 bits per heavy atom. The number of nitrogens with zero attached hydrogens (tertiary/aromatic N) is 1. The van der Waals surface area contributed by atoms with E-state index in [1.165, 1.54) is 18.4 Å². The molecular weight excluding hydrogens is 184 g/mol. The van der Waals surface area contributed by atoms with Crippen molar-refractivity contribution in [2.75, 3.05) is 6.26 Å². The lowest BCUT2D eigenvalue weighted by atomic mass is 9.98. The summed E-state index contributed by atoms with van der Waals surface area (Å²) < 4.78 is 0. The molecule has 3 nitrogen and oxygen atoms in total. The monoisotopic (exact) mass is 196 g/mol. The van der Waals surface area contributed by atoms with Crippen molar-refractivity contribution in [2.24, 2.45) is 0 Å². The number of hydrogen-bond donors (Lipinski definition) is 1. The first kappa shape index (κ1) is 8.81. The molecule has 0 amide bonds. The van der Waals surface area contributed by atoms with Crippen LogP contribution >= 0.6 is 11.8 Å². The first-order chi connectivity index (χ1) is 6.31. The van der Waals surface area contributed by atoms with E-state index >= 15 is 0 Å². The van der Waals surface area contributed by atoms with Gasteiger partial charge in [-0.25, -0.2) is 4.79 Å². The van der Waals surface area contributed by atoms with E-state index in [-0.39, 0.29) is 5.69 Å². The second-order valence-corrected chi connectivity index (χ2v) is 4.01. The van der Waals surface area contributed by atoms with E-state index in [2.05, 4.69) is 9.97 Å². The average Bonchev–Trinajstić information content (AvgIpc) is 2.16. The molecule has 1 N–H and O–H groups in total. The van der Waals surface area contributed by atoms with Crippen molar-refractivity contribution in [2.45, 2.75) is 30.7 Å². The van der Waals surface area contributed by atoms with Gasteiger partial charge in [-0.1, -0.05) is 0 Å². The molecule has 13 heavy (non-hydrogen) atoms. The van der Waals surface area contributed by atoms with Gasteiger partial charge in [-0.15, -0.1) is 11.8 Å². The zero-order valence-electron chi connectivity index (χ0n) is 7.59. The molecule has 1 aliphatic carbocycles. The number of aromatic nitrogens is 2. The van der Waals surface area contributed by atoms with Crippen molar-refractivity contribution in [1.29, 1.82) is 0 Å². The summed E-state index contributed by atoms with van der Waals surface area (Å²) in [5.41, 5.74) is 2.17. The zero-order valence-corrected chi connectivity index (χ0v) is 8.41. The van der Waals surface area contributed by atoms with Gasteiger partial charge in [0.05, 0.1) is 0 Å². The molecule has 1 aromatic rings. The minimum atomic E-state index is -0.204. The van der Waals surface area contributed by atoms with Gasteiger partial charge < -0.3 is 4.98 Å². The van der Waals surface area contributed by atoms with Gasteiger partial charge in [-0.2, -0.15) is 4.98 Å². The fourth-order valence-electron chi connectivity index (χ4n) is 1.76. The van der Waals surface area contributed by atoms with E-state index in [0.717, 1.165) is 23.6 Å². The Labute approximate surface area is 81.0 Å². The molecule has 1 aromatic heterocycles. The first-order valence-corrected chi connectivity index (χ1v) is 5.70. The van der Waals surface area contributed by atoms with Crippen LogP contribution in [0.5, 0.6) is 0 Å². The zero-order chi connectivity index (χ0) is 9.26. The van der Waals surface area contributed by atoms with Crippen LogP contribution in [-0.2, 0) is 12.8 Å². The molecule has 0 atom stereocenters.